The predicted molar refractivity (Wildman–Crippen MR) is 141 cm³/mol. The van der Waals surface area contributed by atoms with Gasteiger partial charge in [0.1, 0.15) is 5.60 Å². The molecule has 1 aromatic carbocycles. The van der Waals surface area contributed by atoms with E-state index in [1.165, 1.54) is 0 Å². The van der Waals surface area contributed by atoms with E-state index < -0.39 is 12.0 Å². The van der Waals surface area contributed by atoms with Crippen LogP contribution in [0.15, 0.2) is 23.2 Å². The Morgan fingerprint density at radius 3 is 2.65 bits per heavy atom. The second kappa shape index (κ2) is 9.66. The highest BCUT2D eigenvalue weighted by atomic mass is 32.2. The topological polar surface area (TPSA) is 88.4 Å². The third-order valence-electron chi connectivity index (χ3n) is 6.45. The van der Waals surface area contributed by atoms with Crippen molar-refractivity contribution in [1.82, 2.24) is 29.6 Å². The van der Waals surface area contributed by atoms with Gasteiger partial charge in [-0.05, 0) is 71.5 Å². The van der Waals surface area contributed by atoms with Crippen LogP contribution in [0.5, 0.6) is 0 Å². The first-order chi connectivity index (χ1) is 17.4. The molecule has 1 N–H and O–H groups in total. The molecule has 0 spiro atoms. The first-order valence-electron chi connectivity index (χ1n) is 12.2. The molecule has 0 radical (unpaired) electrons. The van der Waals surface area contributed by atoms with Gasteiger partial charge in [0.05, 0.1) is 11.7 Å². The molecule has 3 heterocycles. The summed E-state index contributed by atoms with van der Waals surface area (Å²) in [5, 5.41) is 12.9. The van der Waals surface area contributed by atoms with Gasteiger partial charge in [0.2, 0.25) is 5.13 Å². The predicted octanol–water partition coefficient (Wildman–Crippen LogP) is 5.41. The lowest BCUT2D eigenvalue weighted by Crippen LogP contribution is -2.55. The number of carbonyl (C=O) groups is 1. The molecule has 200 valence electrons. The summed E-state index contributed by atoms with van der Waals surface area (Å²) in [5.74, 6) is 0. The largest absolute Gasteiger partial charge is 0.444 e. The highest BCUT2D eigenvalue weighted by molar-refractivity contribution is 7.97. The molecule has 2 aromatic heterocycles. The number of rotatable bonds is 6. The van der Waals surface area contributed by atoms with E-state index in [1.54, 1.807) is 27.7 Å². The molecule has 5 rings (SSSR count). The van der Waals surface area contributed by atoms with E-state index in [2.05, 4.69) is 37.9 Å². The van der Waals surface area contributed by atoms with Crippen molar-refractivity contribution in [3.05, 3.63) is 23.3 Å². The van der Waals surface area contributed by atoms with Crippen molar-refractivity contribution >= 4 is 46.0 Å². The molecular formula is C24H31F2N7O2S2. The van der Waals surface area contributed by atoms with Gasteiger partial charge in [-0.15, -0.1) is 10.2 Å². The Kier molecular flexibility index (Phi) is 6.82. The van der Waals surface area contributed by atoms with Gasteiger partial charge in [-0.1, -0.05) is 11.3 Å². The fraction of sp³-hybridized carbons (Fsp3) is 0.583. The highest BCUT2D eigenvalue weighted by Gasteiger charge is 2.37. The number of halogens is 2. The van der Waals surface area contributed by atoms with Crippen molar-refractivity contribution in [2.45, 2.75) is 76.0 Å². The van der Waals surface area contributed by atoms with E-state index in [0.29, 0.717) is 24.8 Å². The summed E-state index contributed by atoms with van der Waals surface area (Å²) in [7, 11) is 0. The molecule has 13 heteroatoms. The number of nitrogens with zero attached hydrogens (tertiary/aromatic N) is 6. The Hall–Kier alpha value is -2.51. The van der Waals surface area contributed by atoms with Gasteiger partial charge >= 0.3 is 6.09 Å². The van der Waals surface area contributed by atoms with Gasteiger partial charge in [0.15, 0.2) is 5.01 Å². The summed E-state index contributed by atoms with van der Waals surface area (Å²) >= 11 is 2.39. The van der Waals surface area contributed by atoms with Gasteiger partial charge in [-0.3, -0.25) is 4.72 Å². The Morgan fingerprint density at radius 1 is 1.27 bits per heavy atom. The third kappa shape index (κ3) is 5.68. The summed E-state index contributed by atoms with van der Waals surface area (Å²) in [5.41, 5.74) is 1.31. The lowest BCUT2D eigenvalue weighted by atomic mass is 10.1. The molecule has 1 amide bonds. The number of piperazine rings is 1. The summed E-state index contributed by atoms with van der Waals surface area (Å²) in [6.45, 7) is 11.6. The summed E-state index contributed by atoms with van der Waals surface area (Å²) < 4.78 is 37.0. The van der Waals surface area contributed by atoms with Crippen LogP contribution >= 0.6 is 23.3 Å². The summed E-state index contributed by atoms with van der Waals surface area (Å²) in [4.78, 5) is 17.7. The van der Waals surface area contributed by atoms with Crippen LogP contribution in [-0.2, 0) is 4.74 Å². The van der Waals surface area contributed by atoms with Crippen molar-refractivity contribution in [2.75, 3.05) is 24.5 Å². The Balaban J connectivity index is 1.46. The zero-order valence-corrected chi connectivity index (χ0v) is 23.1. The van der Waals surface area contributed by atoms with Crippen molar-refractivity contribution in [1.29, 1.82) is 0 Å². The monoisotopic (exact) mass is 551 g/mol. The Bertz CT molecular complexity index is 1300. The molecule has 1 saturated heterocycles. The van der Waals surface area contributed by atoms with Gasteiger partial charge in [0, 0.05) is 47.2 Å². The summed E-state index contributed by atoms with van der Waals surface area (Å²) in [6.07, 6.45) is 0.996. The maximum Gasteiger partial charge on any atom is 0.410 e. The van der Waals surface area contributed by atoms with Crippen LogP contribution in [0, 0.1) is 0 Å². The number of amides is 1. The molecule has 1 atom stereocenters. The van der Waals surface area contributed by atoms with E-state index in [4.69, 9.17) is 4.74 Å². The minimum Gasteiger partial charge on any atom is -0.444 e. The average Bonchev–Trinajstić information content (AvgIpc) is 3.20. The minimum absolute atomic E-state index is 0.0646. The number of ether oxygens (including phenoxy) is 1. The Labute approximate surface area is 222 Å². The molecule has 9 nitrogen and oxygen atoms in total. The van der Waals surface area contributed by atoms with Gasteiger partial charge in [-0.2, -0.15) is 5.10 Å². The zero-order chi connectivity index (χ0) is 26.5. The van der Waals surface area contributed by atoms with Crippen molar-refractivity contribution < 1.29 is 18.3 Å². The molecule has 0 bridgehead atoms. The first kappa shape index (κ1) is 26.1. The molecule has 1 saturated carbocycles. The van der Waals surface area contributed by atoms with Crippen LogP contribution in [0.2, 0.25) is 0 Å². The average molecular weight is 552 g/mol. The molecule has 37 heavy (non-hydrogen) atoms. The van der Waals surface area contributed by atoms with Crippen LogP contribution in [-0.4, -0.2) is 67.8 Å². The number of alkyl halides is 2. The Morgan fingerprint density at radius 2 is 2.03 bits per heavy atom. The van der Waals surface area contributed by atoms with Crippen LogP contribution < -0.4 is 9.62 Å². The van der Waals surface area contributed by atoms with Crippen LogP contribution in [0.1, 0.15) is 58.9 Å². The van der Waals surface area contributed by atoms with Gasteiger partial charge in [0.25, 0.3) is 6.43 Å². The number of benzene rings is 1. The van der Waals surface area contributed by atoms with E-state index >= 15 is 0 Å². The number of hydrogen-bond donors (Lipinski definition) is 1. The lowest BCUT2D eigenvalue weighted by molar-refractivity contribution is 0.0159. The number of carbonyl (C=O) groups excluding carboxylic acids is 1. The standard InChI is InChI=1S/C24H31F2N7O2S2/c1-14-13-31(8-9-32(14)22(34)35-23(2,3)4)17-10-15(37-30-24(5)6-7-24)11-18-16(17)12-27-33(18)21-29-28-20(36-21)19(25)26/h10-12,14,19,30H,6-9,13H2,1-5H3. The lowest BCUT2D eigenvalue weighted by Gasteiger charge is -2.41. The molecule has 2 fully saturated rings. The third-order valence-corrected chi connectivity index (χ3v) is 8.42. The zero-order valence-electron chi connectivity index (χ0n) is 21.5. The van der Waals surface area contributed by atoms with E-state index in [0.717, 1.165) is 45.7 Å². The normalized spacial score (nSPS) is 19.6. The van der Waals surface area contributed by atoms with Gasteiger partial charge in [-0.25, -0.2) is 18.3 Å². The van der Waals surface area contributed by atoms with Crippen LogP contribution in [0.3, 0.4) is 0 Å². The minimum atomic E-state index is -2.68. The number of aromatic nitrogens is 4. The fourth-order valence-corrected chi connectivity index (χ4v) is 5.78. The number of nitrogens with one attached hydrogen (secondary N) is 1. The number of anilines is 1. The fourth-order valence-electron chi connectivity index (χ4n) is 4.20. The van der Waals surface area contributed by atoms with E-state index in [1.807, 2.05) is 33.8 Å². The van der Waals surface area contributed by atoms with Crippen molar-refractivity contribution in [2.24, 2.45) is 0 Å². The number of hydrogen-bond acceptors (Lipinski definition) is 9. The maximum atomic E-state index is 13.2. The van der Waals surface area contributed by atoms with Crippen molar-refractivity contribution in [3.8, 4) is 5.13 Å². The van der Waals surface area contributed by atoms with E-state index in [9.17, 15) is 13.6 Å². The summed E-state index contributed by atoms with van der Waals surface area (Å²) in [6, 6.07) is 4.06. The van der Waals surface area contributed by atoms with Crippen molar-refractivity contribution in [3.63, 3.8) is 0 Å². The second-order valence-electron chi connectivity index (χ2n) is 10.9. The smallest absolute Gasteiger partial charge is 0.410 e. The SMILES string of the molecule is CC1CN(c2cc(SNC3(C)CC3)cc3c2cnn3-c2nnc(C(F)F)s2)CCN1C(=O)OC(C)(C)C. The molecule has 3 aromatic rings. The quantitative estimate of drug-likeness (QED) is 0.407. The maximum absolute atomic E-state index is 13.2. The molecule has 1 aliphatic carbocycles. The molecule has 2 aliphatic rings. The van der Waals surface area contributed by atoms with Crippen LogP contribution in [0.4, 0.5) is 19.3 Å². The highest BCUT2D eigenvalue weighted by Crippen LogP contribution is 2.40. The van der Waals surface area contributed by atoms with Gasteiger partial charge < -0.3 is 14.5 Å². The number of fused-ring (bicyclic) bond motifs is 1. The first-order valence-corrected chi connectivity index (χ1v) is 13.9. The molecule has 1 unspecified atom stereocenters. The molecule has 1 aliphatic heterocycles. The second-order valence-corrected chi connectivity index (χ2v) is 12.8. The van der Waals surface area contributed by atoms with E-state index in [-0.39, 0.29) is 22.7 Å². The van der Waals surface area contributed by atoms with Crippen LogP contribution in [0.25, 0.3) is 16.0 Å². The molecular weight excluding hydrogens is 520 g/mol.